The van der Waals surface area contributed by atoms with Crippen molar-refractivity contribution in [1.29, 1.82) is 0 Å². The quantitative estimate of drug-likeness (QED) is 0.786. The third kappa shape index (κ3) is 2.88. The second-order valence-electron chi connectivity index (χ2n) is 5.66. The molecular weight excluding hydrogens is 380 g/mol. The summed E-state index contributed by atoms with van der Waals surface area (Å²) in [6, 6.07) is 3.44. The van der Waals surface area contributed by atoms with Gasteiger partial charge in [-0.1, -0.05) is 0 Å². The van der Waals surface area contributed by atoms with Crippen LogP contribution >= 0.6 is 15.9 Å². The molecule has 1 N–H and O–H groups in total. The van der Waals surface area contributed by atoms with Crippen molar-refractivity contribution in [2.75, 3.05) is 11.9 Å². The number of pyridine rings is 1. The zero-order valence-corrected chi connectivity index (χ0v) is 14.8. The molecule has 0 radical (unpaired) electrons. The molecule has 1 atom stereocenters. The Morgan fingerprint density at radius 3 is 2.83 bits per heavy atom. The van der Waals surface area contributed by atoms with Gasteiger partial charge in [0.05, 0.1) is 17.1 Å². The Morgan fingerprint density at radius 2 is 2.12 bits per heavy atom. The summed E-state index contributed by atoms with van der Waals surface area (Å²) in [6.07, 6.45) is 1.55. The molecule has 126 valence electrons. The monoisotopic (exact) mass is 395 g/mol. The van der Waals surface area contributed by atoms with Crippen LogP contribution in [0.5, 0.6) is 0 Å². The highest BCUT2D eigenvalue weighted by molar-refractivity contribution is 9.10. The number of nitrogens with zero attached hydrogens (tertiary/aromatic N) is 2. The third-order valence-corrected chi connectivity index (χ3v) is 4.77. The molecule has 0 bridgehead atoms. The van der Waals surface area contributed by atoms with Gasteiger partial charge >= 0.3 is 0 Å². The molecule has 2 heterocycles. The highest BCUT2D eigenvalue weighted by Crippen LogP contribution is 2.31. The number of rotatable bonds is 4. The molecule has 1 aromatic carbocycles. The number of nitrogens with one attached hydrogen (secondary N) is 1. The second-order valence-corrected chi connectivity index (χ2v) is 6.51. The predicted molar refractivity (Wildman–Crippen MR) is 90.7 cm³/mol. The van der Waals surface area contributed by atoms with E-state index in [4.69, 9.17) is 0 Å². The van der Waals surface area contributed by atoms with Gasteiger partial charge < -0.3 is 10.2 Å². The molecule has 0 saturated heterocycles. The molecule has 1 aromatic heterocycles. The fourth-order valence-electron chi connectivity index (χ4n) is 2.82. The van der Waals surface area contributed by atoms with Crippen molar-refractivity contribution in [3.05, 3.63) is 57.2 Å². The molecule has 0 spiro atoms. The number of fused-ring (bicyclic) bond motifs is 1. The average molecular weight is 396 g/mol. The minimum atomic E-state index is -0.529. The smallest absolute Gasteiger partial charge is 0.254 e. The number of carbonyl (C=O) groups is 1. The first-order valence-corrected chi connectivity index (χ1v) is 8.39. The highest BCUT2D eigenvalue weighted by atomic mass is 79.9. The van der Waals surface area contributed by atoms with Crippen molar-refractivity contribution < 1.29 is 13.6 Å². The van der Waals surface area contributed by atoms with Crippen LogP contribution in [0.25, 0.3) is 0 Å². The van der Waals surface area contributed by atoms with Crippen molar-refractivity contribution in [2.45, 2.75) is 26.4 Å². The molecule has 1 aliphatic heterocycles. The Bertz CT molecular complexity index is 813. The van der Waals surface area contributed by atoms with E-state index in [2.05, 4.69) is 26.2 Å². The van der Waals surface area contributed by atoms with Crippen LogP contribution < -0.4 is 5.32 Å². The zero-order valence-electron chi connectivity index (χ0n) is 13.2. The number of halogens is 3. The first-order valence-electron chi connectivity index (χ1n) is 7.60. The highest BCUT2D eigenvalue weighted by Gasteiger charge is 2.29. The summed E-state index contributed by atoms with van der Waals surface area (Å²) < 4.78 is 27.9. The van der Waals surface area contributed by atoms with Crippen LogP contribution in [0.2, 0.25) is 0 Å². The number of amides is 1. The summed E-state index contributed by atoms with van der Waals surface area (Å²) >= 11 is 2.97. The number of aromatic nitrogens is 1. The second kappa shape index (κ2) is 6.47. The van der Waals surface area contributed by atoms with E-state index in [0.29, 0.717) is 24.5 Å². The van der Waals surface area contributed by atoms with Crippen molar-refractivity contribution in [3.8, 4) is 0 Å². The van der Waals surface area contributed by atoms with E-state index in [-0.39, 0.29) is 15.9 Å². The van der Waals surface area contributed by atoms with E-state index in [9.17, 15) is 13.6 Å². The van der Waals surface area contributed by atoms with Crippen LogP contribution in [0.15, 0.2) is 28.9 Å². The lowest BCUT2D eigenvalue weighted by Gasteiger charge is -2.18. The molecule has 1 amide bonds. The first kappa shape index (κ1) is 16.8. The summed E-state index contributed by atoms with van der Waals surface area (Å²) in [5.41, 5.74) is 1.59. The molecule has 0 fully saturated rings. The Hall–Kier alpha value is -2.02. The van der Waals surface area contributed by atoms with E-state index in [1.165, 1.54) is 0 Å². The van der Waals surface area contributed by atoms with Gasteiger partial charge in [0.15, 0.2) is 0 Å². The molecule has 3 rings (SSSR count). The lowest BCUT2D eigenvalue weighted by Crippen LogP contribution is -2.22. The molecule has 1 unspecified atom stereocenters. The topological polar surface area (TPSA) is 45.2 Å². The van der Waals surface area contributed by atoms with Gasteiger partial charge in [-0.2, -0.15) is 0 Å². The van der Waals surface area contributed by atoms with Crippen LogP contribution in [0, 0.1) is 11.6 Å². The number of carbonyl (C=O) groups excluding carboxylic acids is 1. The van der Waals surface area contributed by atoms with E-state index >= 15 is 0 Å². The Kier molecular flexibility index (Phi) is 4.54. The van der Waals surface area contributed by atoms with Crippen LogP contribution in [-0.4, -0.2) is 22.3 Å². The van der Waals surface area contributed by atoms with Crippen LogP contribution in [0.3, 0.4) is 0 Å². The van der Waals surface area contributed by atoms with Gasteiger partial charge in [0.2, 0.25) is 0 Å². The van der Waals surface area contributed by atoms with Crippen LogP contribution in [-0.2, 0) is 6.54 Å². The van der Waals surface area contributed by atoms with Gasteiger partial charge in [-0.05, 0) is 48.0 Å². The predicted octanol–water partition coefficient (Wildman–Crippen LogP) is 4.27. The van der Waals surface area contributed by atoms with Gasteiger partial charge in [0.1, 0.15) is 17.5 Å². The lowest BCUT2D eigenvalue weighted by atomic mass is 10.1. The Balaban J connectivity index is 1.91. The van der Waals surface area contributed by atoms with Gasteiger partial charge in [0.25, 0.3) is 5.91 Å². The SMILES string of the molecule is CCN1Cc2c(ccnc2NC(C)c2cc(F)c(Br)cc2F)C1=O. The number of hydrogen-bond acceptors (Lipinski definition) is 3. The van der Waals surface area contributed by atoms with Gasteiger partial charge in [-0.15, -0.1) is 0 Å². The molecule has 0 saturated carbocycles. The molecule has 0 aliphatic carbocycles. The minimum absolute atomic E-state index is 0.0357. The van der Waals surface area contributed by atoms with Gasteiger partial charge in [-0.25, -0.2) is 13.8 Å². The van der Waals surface area contributed by atoms with E-state index in [0.717, 1.165) is 17.7 Å². The zero-order chi connectivity index (χ0) is 17.4. The van der Waals surface area contributed by atoms with E-state index < -0.39 is 17.7 Å². The standard InChI is InChI=1S/C17H16BrF2N3O/c1-3-23-8-12-10(17(23)24)4-5-21-16(12)22-9(2)11-6-15(20)13(18)7-14(11)19/h4-7,9H,3,8H2,1-2H3,(H,21,22). The summed E-state index contributed by atoms with van der Waals surface area (Å²) in [4.78, 5) is 18.2. The summed E-state index contributed by atoms with van der Waals surface area (Å²) in [6.45, 7) is 4.70. The fourth-order valence-corrected chi connectivity index (χ4v) is 3.13. The van der Waals surface area contributed by atoms with Crippen molar-refractivity contribution in [1.82, 2.24) is 9.88 Å². The maximum atomic E-state index is 14.1. The normalized spacial score (nSPS) is 14.7. The maximum absolute atomic E-state index is 14.1. The molecule has 7 heteroatoms. The van der Waals surface area contributed by atoms with Crippen molar-refractivity contribution in [3.63, 3.8) is 0 Å². The maximum Gasteiger partial charge on any atom is 0.254 e. The molecule has 1 aliphatic rings. The first-order chi connectivity index (χ1) is 11.4. The average Bonchev–Trinajstić information content (AvgIpc) is 2.88. The van der Waals surface area contributed by atoms with E-state index in [1.807, 2.05) is 6.92 Å². The minimum Gasteiger partial charge on any atom is -0.363 e. The van der Waals surface area contributed by atoms with Crippen LogP contribution in [0.4, 0.5) is 14.6 Å². The molecular formula is C17H16BrF2N3O. The Morgan fingerprint density at radius 1 is 1.38 bits per heavy atom. The molecule has 24 heavy (non-hydrogen) atoms. The van der Waals surface area contributed by atoms with E-state index in [1.54, 1.807) is 24.1 Å². The van der Waals surface area contributed by atoms with Crippen molar-refractivity contribution in [2.24, 2.45) is 0 Å². The number of anilines is 1. The van der Waals surface area contributed by atoms with Crippen molar-refractivity contribution >= 4 is 27.7 Å². The summed E-state index contributed by atoms with van der Waals surface area (Å²) in [7, 11) is 0. The number of hydrogen-bond donors (Lipinski definition) is 1. The fraction of sp³-hybridized carbons (Fsp3) is 0.294. The Labute approximate surface area is 147 Å². The third-order valence-electron chi connectivity index (χ3n) is 4.16. The summed E-state index contributed by atoms with van der Waals surface area (Å²) in [5.74, 6) is -0.556. The van der Waals surface area contributed by atoms with Gasteiger partial charge in [0, 0.05) is 29.4 Å². The van der Waals surface area contributed by atoms with Gasteiger partial charge in [-0.3, -0.25) is 4.79 Å². The lowest BCUT2D eigenvalue weighted by molar-refractivity contribution is 0.0787. The molecule has 2 aromatic rings. The summed E-state index contributed by atoms with van der Waals surface area (Å²) in [5, 5.41) is 3.10. The largest absolute Gasteiger partial charge is 0.363 e. The van der Waals surface area contributed by atoms with Crippen LogP contribution in [0.1, 0.15) is 41.4 Å². The molecule has 4 nitrogen and oxygen atoms in total. The number of benzene rings is 1.